The molecule has 0 spiro atoms. The van der Waals surface area contributed by atoms with Crippen molar-refractivity contribution in [1.29, 1.82) is 0 Å². The molecule has 1 heterocycles. The summed E-state index contributed by atoms with van der Waals surface area (Å²) in [4.78, 5) is 0. The first kappa shape index (κ1) is 13.0. The van der Waals surface area contributed by atoms with Crippen molar-refractivity contribution in [3.63, 3.8) is 0 Å². The zero-order valence-corrected chi connectivity index (χ0v) is 11.6. The van der Waals surface area contributed by atoms with E-state index in [2.05, 4.69) is 18.1 Å². The first-order valence-electron chi connectivity index (χ1n) is 5.97. The molecule has 0 bridgehead atoms. The van der Waals surface area contributed by atoms with Crippen molar-refractivity contribution in [1.82, 2.24) is 9.78 Å². The van der Waals surface area contributed by atoms with E-state index in [4.69, 9.17) is 16.3 Å². The molecule has 0 amide bonds. The molecule has 1 unspecified atom stereocenters. The van der Waals surface area contributed by atoms with Crippen LogP contribution in [0.1, 0.15) is 30.4 Å². The predicted molar refractivity (Wildman–Crippen MR) is 73.3 cm³/mol. The zero-order chi connectivity index (χ0) is 13.1. The summed E-state index contributed by atoms with van der Waals surface area (Å²) >= 11 is 6.18. The minimum atomic E-state index is 0.321. The van der Waals surface area contributed by atoms with E-state index < -0.39 is 0 Å². The third-order valence-corrected chi connectivity index (χ3v) is 3.41. The van der Waals surface area contributed by atoms with Gasteiger partial charge in [0.05, 0.1) is 18.3 Å². The smallest absolute Gasteiger partial charge is 0.137 e. The lowest BCUT2D eigenvalue weighted by Gasteiger charge is -2.15. The van der Waals surface area contributed by atoms with Gasteiger partial charge < -0.3 is 4.74 Å². The van der Waals surface area contributed by atoms with Crippen molar-refractivity contribution in [3.8, 4) is 5.75 Å². The molecule has 0 saturated heterocycles. The Labute approximate surface area is 112 Å². The van der Waals surface area contributed by atoms with Crippen LogP contribution >= 0.6 is 11.6 Å². The van der Waals surface area contributed by atoms with Gasteiger partial charge in [-0.3, -0.25) is 4.68 Å². The van der Waals surface area contributed by atoms with E-state index in [0.717, 1.165) is 6.42 Å². The number of rotatable bonds is 4. The molecule has 1 aromatic carbocycles. The van der Waals surface area contributed by atoms with Crippen molar-refractivity contribution in [3.05, 3.63) is 46.7 Å². The molecule has 4 heteroatoms. The van der Waals surface area contributed by atoms with Crippen molar-refractivity contribution in [2.75, 3.05) is 7.11 Å². The Morgan fingerprint density at radius 3 is 2.67 bits per heavy atom. The molecule has 3 nitrogen and oxygen atoms in total. The van der Waals surface area contributed by atoms with Gasteiger partial charge in [-0.15, -0.1) is 0 Å². The molecule has 1 aromatic heterocycles. The summed E-state index contributed by atoms with van der Waals surface area (Å²) in [6.07, 6.45) is 4.97. The summed E-state index contributed by atoms with van der Waals surface area (Å²) in [6, 6.07) is 5.95. The van der Waals surface area contributed by atoms with Crippen molar-refractivity contribution in [2.45, 2.75) is 19.3 Å². The third kappa shape index (κ3) is 2.51. The van der Waals surface area contributed by atoms with E-state index in [0.29, 0.717) is 16.7 Å². The van der Waals surface area contributed by atoms with Crippen LogP contribution in [0.4, 0.5) is 0 Å². The standard InChI is InChI=1S/C14H17ClN2O/c1-4-12(11-8-16-17(2)9-11)10-5-6-14(18-3)13(15)7-10/h5-9,12H,4H2,1-3H3. The zero-order valence-electron chi connectivity index (χ0n) is 10.9. The van der Waals surface area contributed by atoms with Crippen LogP contribution in [0.25, 0.3) is 0 Å². The highest BCUT2D eigenvalue weighted by molar-refractivity contribution is 6.32. The molecule has 0 fully saturated rings. The summed E-state index contributed by atoms with van der Waals surface area (Å²) in [5.41, 5.74) is 2.40. The summed E-state index contributed by atoms with van der Waals surface area (Å²) in [6.45, 7) is 2.16. The Hall–Kier alpha value is -1.48. The molecule has 2 aromatic rings. The number of methoxy groups -OCH3 is 1. The third-order valence-electron chi connectivity index (χ3n) is 3.11. The molecule has 96 valence electrons. The van der Waals surface area contributed by atoms with Crippen LogP contribution < -0.4 is 4.74 Å². The first-order chi connectivity index (χ1) is 8.65. The van der Waals surface area contributed by atoms with Crippen LogP contribution in [-0.4, -0.2) is 16.9 Å². The molecule has 0 saturated carbocycles. The molecule has 0 aliphatic heterocycles. The van der Waals surface area contributed by atoms with Gasteiger partial charge in [-0.05, 0) is 29.7 Å². The largest absolute Gasteiger partial charge is 0.495 e. The lowest BCUT2D eigenvalue weighted by atomic mass is 9.91. The van der Waals surface area contributed by atoms with E-state index in [-0.39, 0.29) is 0 Å². The fourth-order valence-corrected chi connectivity index (χ4v) is 2.45. The highest BCUT2D eigenvalue weighted by atomic mass is 35.5. The SMILES string of the molecule is CCC(c1ccc(OC)c(Cl)c1)c1cnn(C)c1. The molecular weight excluding hydrogens is 248 g/mol. The molecule has 0 aliphatic carbocycles. The van der Waals surface area contributed by atoms with E-state index in [1.807, 2.05) is 36.3 Å². The number of aryl methyl sites for hydroxylation is 1. The topological polar surface area (TPSA) is 27.1 Å². The molecule has 0 radical (unpaired) electrons. The lowest BCUT2D eigenvalue weighted by Crippen LogP contribution is -1.99. The van der Waals surface area contributed by atoms with Gasteiger partial charge >= 0.3 is 0 Å². The number of halogens is 1. The predicted octanol–water partition coefficient (Wildman–Crippen LogP) is 3.62. The summed E-state index contributed by atoms with van der Waals surface area (Å²) in [7, 11) is 3.55. The Kier molecular flexibility index (Phi) is 3.92. The number of nitrogens with zero attached hydrogens (tertiary/aromatic N) is 2. The average molecular weight is 265 g/mol. The quantitative estimate of drug-likeness (QED) is 0.843. The van der Waals surface area contributed by atoms with Crippen LogP contribution in [0, 0.1) is 0 Å². The Morgan fingerprint density at radius 2 is 2.17 bits per heavy atom. The summed E-state index contributed by atoms with van der Waals surface area (Å²) < 4.78 is 7.00. The van der Waals surface area contributed by atoms with E-state index in [1.54, 1.807) is 7.11 Å². The monoisotopic (exact) mass is 264 g/mol. The van der Waals surface area contributed by atoms with Gasteiger partial charge in [0.2, 0.25) is 0 Å². The fourth-order valence-electron chi connectivity index (χ4n) is 2.18. The van der Waals surface area contributed by atoms with Crippen molar-refractivity contribution in [2.24, 2.45) is 7.05 Å². The van der Waals surface area contributed by atoms with Gasteiger partial charge in [0.15, 0.2) is 0 Å². The van der Waals surface area contributed by atoms with Gasteiger partial charge in [0.25, 0.3) is 0 Å². The maximum Gasteiger partial charge on any atom is 0.137 e. The van der Waals surface area contributed by atoms with Crippen molar-refractivity contribution < 1.29 is 4.74 Å². The van der Waals surface area contributed by atoms with E-state index >= 15 is 0 Å². The second-order valence-electron chi connectivity index (χ2n) is 4.30. The highest BCUT2D eigenvalue weighted by Gasteiger charge is 2.15. The summed E-state index contributed by atoms with van der Waals surface area (Å²) in [5, 5.41) is 4.88. The maximum absolute atomic E-state index is 6.18. The van der Waals surface area contributed by atoms with E-state index in [9.17, 15) is 0 Å². The molecule has 0 aliphatic rings. The van der Waals surface area contributed by atoms with Gasteiger partial charge in [-0.2, -0.15) is 5.10 Å². The van der Waals surface area contributed by atoms with Crippen LogP contribution in [0.3, 0.4) is 0 Å². The minimum absolute atomic E-state index is 0.321. The number of hydrogen-bond donors (Lipinski definition) is 0. The molecule has 1 atom stereocenters. The van der Waals surface area contributed by atoms with Crippen LogP contribution in [0.2, 0.25) is 5.02 Å². The van der Waals surface area contributed by atoms with Crippen LogP contribution in [-0.2, 0) is 7.05 Å². The fraction of sp³-hybridized carbons (Fsp3) is 0.357. The second-order valence-corrected chi connectivity index (χ2v) is 4.71. The first-order valence-corrected chi connectivity index (χ1v) is 6.35. The van der Waals surface area contributed by atoms with Gasteiger partial charge in [-0.25, -0.2) is 0 Å². The van der Waals surface area contributed by atoms with Crippen LogP contribution in [0.5, 0.6) is 5.75 Å². The molecule has 0 N–H and O–H groups in total. The number of hydrogen-bond acceptors (Lipinski definition) is 2. The number of ether oxygens (including phenoxy) is 1. The molecule has 2 rings (SSSR count). The lowest BCUT2D eigenvalue weighted by molar-refractivity contribution is 0.415. The van der Waals surface area contributed by atoms with Crippen molar-refractivity contribution >= 4 is 11.6 Å². The van der Waals surface area contributed by atoms with E-state index in [1.165, 1.54) is 11.1 Å². The number of aromatic nitrogens is 2. The molecular formula is C14H17ClN2O. The van der Waals surface area contributed by atoms with Crippen LogP contribution in [0.15, 0.2) is 30.6 Å². The maximum atomic E-state index is 6.18. The van der Waals surface area contributed by atoms with Gasteiger partial charge in [0, 0.05) is 19.2 Å². The number of benzene rings is 1. The van der Waals surface area contributed by atoms with Gasteiger partial charge in [-0.1, -0.05) is 24.6 Å². The Balaban J connectivity index is 2.36. The minimum Gasteiger partial charge on any atom is -0.495 e. The Morgan fingerprint density at radius 1 is 1.39 bits per heavy atom. The summed E-state index contributed by atoms with van der Waals surface area (Å²) in [5.74, 6) is 1.03. The highest BCUT2D eigenvalue weighted by Crippen LogP contribution is 2.33. The second kappa shape index (κ2) is 5.44. The average Bonchev–Trinajstić information content (AvgIpc) is 2.77. The molecule has 18 heavy (non-hydrogen) atoms. The normalized spacial score (nSPS) is 12.4. The Bertz CT molecular complexity index is 536. The van der Waals surface area contributed by atoms with Gasteiger partial charge in [0.1, 0.15) is 5.75 Å².